The Morgan fingerprint density at radius 1 is 1.24 bits per heavy atom. The zero-order valence-corrected chi connectivity index (χ0v) is 13.5. The smallest absolute Gasteiger partial charge is 0.340 e. The van der Waals surface area contributed by atoms with Crippen LogP contribution in [0.25, 0.3) is 0 Å². The van der Waals surface area contributed by atoms with Gasteiger partial charge in [0.2, 0.25) is 11.6 Å². The summed E-state index contributed by atoms with van der Waals surface area (Å²) in [5.41, 5.74) is 2.43. The van der Waals surface area contributed by atoms with Gasteiger partial charge in [-0.05, 0) is 26.3 Å². The number of nitrogens with zero attached hydrogens (tertiary/aromatic N) is 2. The summed E-state index contributed by atoms with van der Waals surface area (Å²) in [5.74, 6) is -7.54. The molecule has 0 atom stereocenters. The molecule has 0 saturated heterocycles. The van der Waals surface area contributed by atoms with Crippen molar-refractivity contribution in [2.24, 2.45) is 5.10 Å². The van der Waals surface area contributed by atoms with Crippen molar-refractivity contribution in [2.75, 3.05) is 12.0 Å². The highest BCUT2D eigenvalue weighted by atomic mass is 19.2. The highest BCUT2D eigenvalue weighted by Gasteiger charge is 2.21. The van der Waals surface area contributed by atoms with Gasteiger partial charge in [-0.3, -0.25) is 5.43 Å². The molecular weight excluding hydrogens is 344 g/mol. The number of aromatic amines is 1. The van der Waals surface area contributed by atoms with Crippen molar-refractivity contribution >= 4 is 17.9 Å². The number of aryl methyl sites for hydroxylation is 1. The molecule has 0 aromatic carbocycles. The van der Waals surface area contributed by atoms with E-state index >= 15 is 0 Å². The zero-order chi connectivity index (χ0) is 18.7. The van der Waals surface area contributed by atoms with Crippen LogP contribution >= 0.6 is 0 Å². The van der Waals surface area contributed by atoms with E-state index in [-0.39, 0.29) is 6.61 Å². The van der Waals surface area contributed by atoms with Gasteiger partial charge in [-0.1, -0.05) is 0 Å². The molecule has 0 spiro atoms. The van der Waals surface area contributed by atoms with Crippen molar-refractivity contribution < 1.29 is 27.1 Å². The second-order valence-electron chi connectivity index (χ2n) is 4.95. The topological polar surface area (TPSA) is 79.4 Å². The number of esters is 1. The summed E-state index contributed by atoms with van der Waals surface area (Å²) < 4.78 is 57.9. The molecule has 0 fully saturated rings. The maximum atomic E-state index is 13.5. The number of aromatic nitrogens is 2. The molecule has 10 heteroatoms. The third-order valence-corrected chi connectivity index (χ3v) is 3.32. The van der Waals surface area contributed by atoms with Crippen molar-refractivity contribution in [2.45, 2.75) is 20.8 Å². The molecule has 2 N–H and O–H groups in total. The van der Waals surface area contributed by atoms with Crippen LogP contribution in [0.1, 0.15) is 34.2 Å². The maximum Gasteiger partial charge on any atom is 0.340 e. The van der Waals surface area contributed by atoms with Crippen LogP contribution in [0.15, 0.2) is 5.10 Å². The highest BCUT2D eigenvalue weighted by molar-refractivity contribution is 5.96. The second-order valence-corrected chi connectivity index (χ2v) is 4.95. The fourth-order valence-electron chi connectivity index (χ4n) is 2.16. The number of hydrogen-bond acceptors (Lipinski definition) is 5. The monoisotopic (exact) mass is 358 g/mol. The number of H-pyrrole nitrogens is 1. The summed E-state index contributed by atoms with van der Waals surface area (Å²) in [6.45, 7) is 5.12. The molecule has 0 saturated carbocycles. The Morgan fingerprint density at radius 3 is 2.40 bits per heavy atom. The first kappa shape index (κ1) is 18.4. The van der Waals surface area contributed by atoms with Crippen LogP contribution in [-0.4, -0.2) is 28.8 Å². The Hall–Kier alpha value is -2.91. The lowest BCUT2D eigenvalue weighted by Crippen LogP contribution is -2.07. The summed E-state index contributed by atoms with van der Waals surface area (Å²) in [4.78, 5) is 17.2. The SMILES string of the molecule is CCOC(=O)c1c(C)[nH]c(/C=N/Nc2c(F)c(F)nc(F)c2F)c1C. The molecule has 134 valence electrons. The molecule has 0 aliphatic heterocycles. The molecule has 6 nitrogen and oxygen atoms in total. The summed E-state index contributed by atoms with van der Waals surface area (Å²) in [6, 6.07) is 0. The molecule has 2 aromatic heterocycles. The predicted molar refractivity (Wildman–Crippen MR) is 81.5 cm³/mol. The molecule has 2 rings (SSSR count). The lowest BCUT2D eigenvalue weighted by Gasteiger charge is -2.04. The molecule has 2 aromatic rings. The van der Waals surface area contributed by atoms with E-state index in [0.29, 0.717) is 22.5 Å². The number of halogens is 4. The van der Waals surface area contributed by atoms with Crippen LogP contribution < -0.4 is 5.43 Å². The van der Waals surface area contributed by atoms with Crippen LogP contribution in [0, 0.1) is 37.4 Å². The molecule has 0 bridgehead atoms. The first-order chi connectivity index (χ1) is 11.8. The van der Waals surface area contributed by atoms with Crippen LogP contribution in [0.3, 0.4) is 0 Å². The number of hydrogen-bond donors (Lipinski definition) is 2. The van der Waals surface area contributed by atoms with Gasteiger partial charge in [0.05, 0.1) is 24.1 Å². The minimum absolute atomic E-state index is 0.200. The van der Waals surface area contributed by atoms with E-state index in [1.807, 2.05) is 5.43 Å². The van der Waals surface area contributed by atoms with Gasteiger partial charge in [0.15, 0.2) is 0 Å². The fourth-order valence-corrected chi connectivity index (χ4v) is 2.16. The number of pyridine rings is 1. The summed E-state index contributed by atoms with van der Waals surface area (Å²) >= 11 is 0. The van der Waals surface area contributed by atoms with Gasteiger partial charge in [-0.15, -0.1) is 0 Å². The van der Waals surface area contributed by atoms with Crippen molar-refractivity contribution in [1.82, 2.24) is 9.97 Å². The highest BCUT2D eigenvalue weighted by Crippen LogP contribution is 2.22. The van der Waals surface area contributed by atoms with E-state index < -0.39 is 35.2 Å². The number of carbonyl (C=O) groups excluding carboxylic acids is 1. The van der Waals surface area contributed by atoms with E-state index in [4.69, 9.17) is 4.74 Å². The van der Waals surface area contributed by atoms with Gasteiger partial charge in [0.25, 0.3) is 11.9 Å². The first-order valence-electron chi connectivity index (χ1n) is 7.13. The van der Waals surface area contributed by atoms with Crippen LogP contribution in [0.2, 0.25) is 0 Å². The average molecular weight is 358 g/mol. The van der Waals surface area contributed by atoms with Crippen LogP contribution in [0.5, 0.6) is 0 Å². The van der Waals surface area contributed by atoms with E-state index in [0.717, 1.165) is 6.21 Å². The van der Waals surface area contributed by atoms with Gasteiger partial charge in [-0.2, -0.15) is 27.6 Å². The molecule has 0 aliphatic carbocycles. The zero-order valence-electron chi connectivity index (χ0n) is 13.5. The molecule has 0 radical (unpaired) electrons. The van der Waals surface area contributed by atoms with E-state index in [9.17, 15) is 22.4 Å². The molecule has 0 amide bonds. The van der Waals surface area contributed by atoms with Crippen molar-refractivity contribution in [3.8, 4) is 0 Å². The van der Waals surface area contributed by atoms with Gasteiger partial charge in [-0.25, -0.2) is 4.79 Å². The van der Waals surface area contributed by atoms with Crippen LogP contribution in [0.4, 0.5) is 23.2 Å². The Balaban J connectivity index is 2.28. The van der Waals surface area contributed by atoms with Crippen molar-refractivity contribution in [3.63, 3.8) is 0 Å². The summed E-state index contributed by atoms with van der Waals surface area (Å²) in [5, 5.41) is 3.54. The van der Waals surface area contributed by atoms with E-state index in [1.54, 1.807) is 20.8 Å². The molecular formula is C15H14F4N4O2. The van der Waals surface area contributed by atoms with Crippen molar-refractivity contribution in [1.29, 1.82) is 0 Å². The van der Waals surface area contributed by atoms with Gasteiger partial charge >= 0.3 is 5.97 Å². The standard InChI is InChI=1S/C15H14F4N4O2/c1-4-25-15(24)9-6(2)8(21-7(9)3)5-20-23-12-10(16)13(18)22-14(19)11(12)17/h5,21H,4H2,1-3H3,(H,22,23)/b20-5+. The third kappa shape index (κ3) is 3.62. The van der Waals surface area contributed by atoms with Gasteiger partial charge in [0.1, 0.15) is 5.69 Å². The number of carbonyl (C=O) groups is 1. The number of hydrazone groups is 1. The van der Waals surface area contributed by atoms with Crippen LogP contribution in [-0.2, 0) is 4.74 Å². The Labute approximate surface area is 139 Å². The third-order valence-electron chi connectivity index (χ3n) is 3.32. The Morgan fingerprint density at radius 2 is 1.84 bits per heavy atom. The lowest BCUT2D eigenvalue weighted by molar-refractivity contribution is 0.0525. The number of rotatable bonds is 5. The Kier molecular flexibility index (Phi) is 5.40. The lowest BCUT2D eigenvalue weighted by atomic mass is 10.1. The number of ether oxygens (including phenoxy) is 1. The first-order valence-corrected chi connectivity index (χ1v) is 7.13. The molecule has 25 heavy (non-hydrogen) atoms. The maximum absolute atomic E-state index is 13.5. The minimum Gasteiger partial charge on any atom is -0.462 e. The fraction of sp³-hybridized carbons (Fsp3) is 0.267. The summed E-state index contributed by atoms with van der Waals surface area (Å²) in [6.07, 6.45) is 1.11. The van der Waals surface area contributed by atoms with Gasteiger partial charge in [0, 0.05) is 5.69 Å². The van der Waals surface area contributed by atoms with Gasteiger partial charge < -0.3 is 9.72 Å². The molecule has 0 aliphatic rings. The molecule has 0 unspecified atom stereocenters. The average Bonchev–Trinajstić information content (AvgIpc) is 2.83. The van der Waals surface area contributed by atoms with E-state index in [2.05, 4.69) is 15.1 Å². The number of anilines is 1. The Bertz CT molecular complexity index is 823. The summed E-state index contributed by atoms with van der Waals surface area (Å²) in [7, 11) is 0. The predicted octanol–water partition coefficient (Wildman–Crippen LogP) is 3.21. The minimum atomic E-state index is -1.80. The normalized spacial score (nSPS) is 11.2. The number of nitrogens with one attached hydrogen (secondary N) is 2. The van der Waals surface area contributed by atoms with E-state index in [1.165, 1.54) is 0 Å². The second kappa shape index (κ2) is 7.32. The van der Waals surface area contributed by atoms with Crippen molar-refractivity contribution in [3.05, 3.63) is 46.0 Å². The quantitative estimate of drug-likeness (QED) is 0.283. The molecule has 2 heterocycles. The largest absolute Gasteiger partial charge is 0.462 e.